The first-order chi connectivity index (χ1) is 13.0. The van der Waals surface area contributed by atoms with Crippen LogP contribution in [0.15, 0.2) is 52.4 Å². The minimum absolute atomic E-state index is 0.00720. The molecule has 2 aromatic rings. The summed E-state index contributed by atoms with van der Waals surface area (Å²) in [6.07, 6.45) is 1.63. The second-order valence-corrected chi connectivity index (χ2v) is 6.67. The Kier molecular flexibility index (Phi) is 5.81. The van der Waals surface area contributed by atoms with Crippen molar-refractivity contribution in [1.82, 2.24) is 4.90 Å². The van der Waals surface area contributed by atoms with Gasteiger partial charge in [-0.3, -0.25) is 9.69 Å². The average Bonchev–Trinajstić information content (AvgIpc) is 2.95. The number of carbonyl (C=O) groups is 1. The molecule has 1 amide bonds. The van der Waals surface area contributed by atoms with E-state index in [1.54, 1.807) is 41.3 Å². The zero-order valence-electron chi connectivity index (χ0n) is 15.0. The predicted octanol–water partition coefficient (Wildman–Crippen LogP) is 4.55. The standard InChI is InChI=1S/C20H19FN2O3S/c1-3-23-19(25)17(12-13-6-5-7-16(18(13)24)26-4-2)27-20(23)22-15-10-8-14(21)9-11-15/h5-12,24H,3-4H2,1-2H3/b17-12+,22-20?. The van der Waals surface area contributed by atoms with Crippen LogP contribution in [0.3, 0.4) is 0 Å². The molecule has 1 fully saturated rings. The van der Waals surface area contributed by atoms with Gasteiger partial charge in [0, 0.05) is 12.1 Å². The number of hydrogen-bond donors (Lipinski definition) is 1. The number of phenols is 1. The molecule has 5 nitrogen and oxygen atoms in total. The summed E-state index contributed by atoms with van der Waals surface area (Å²) in [5, 5.41) is 10.9. The Labute approximate surface area is 161 Å². The molecule has 0 aliphatic carbocycles. The fourth-order valence-electron chi connectivity index (χ4n) is 2.57. The number of ether oxygens (including phenoxy) is 1. The van der Waals surface area contributed by atoms with Crippen LogP contribution in [-0.4, -0.2) is 34.2 Å². The van der Waals surface area contributed by atoms with E-state index in [2.05, 4.69) is 4.99 Å². The molecular formula is C20H19FN2O3S. The normalized spacial score (nSPS) is 17.1. The lowest BCUT2D eigenvalue weighted by atomic mass is 10.1. The van der Waals surface area contributed by atoms with Crippen LogP contribution >= 0.6 is 11.8 Å². The quantitative estimate of drug-likeness (QED) is 0.766. The van der Waals surface area contributed by atoms with Crippen LogP contribution in [0.4, 0.5) is 10.1 Å². The summed E-state index contributed by atoms with van der Waals surface area (Å²) in [6.45, 7) is 4.57. The summed E-state index contributed by atoms with van der Waals surface area (Å²) in [6, 6.07) is 10.9. The maximum absolute atomic E-state index is 13.1. The molecule has 0 unspecified atom stereocenters. The van der Waals surface area contributed by atoms with Crippen molar-refractivity contribution in [3.8, 4) is 11.5 Å². The number of aromatic hydroxyl groups is 1. The van der Waals surface area contributed by atoms with Gasteiger partial charge >= 0.3 is 0 Å². The number of amides is 1. The molecular weight excluding hydrogens is 367 g/mol. The molecule has 1 aliphatic heterocycles. The average molecular weight is 386 g/mol. The van der Waals surface area contributed by atoms with E-state index in [0.29, 0.717) is 40.2 Å². The number of nitrogens with zero attached hydrogens (tertiary/aromatic N) is 2. The Morgan fingerprint density at radius 2 is 1.96 bits per heavy atom. The fraction of sp³-hybridized carbons (Fsp3) is 0.200. The van der Waals surface area contributed by atoms with E-state index in [4.69, 9.17) is 4.74 Å². The topological polar surface area (TPSA) is 62.1 Å². The number of halogens is 1. The largest absolute Gasteiger partial charge is 0.504 e. The van der Waals surface area contributed by atoms with Crippen LogP contribution in [0.5, 0.6) is 11.5 Å². The molecule has 1 N–H and O–H groups in total. The Balaban J connectivity index is 1.94. The maximum Gasteiger partial charge on any atom is 0.266 e. The van der Waals surface area contributed by atoms with Gasteiger partial charge in [-0.15, -0.1) is 0 Å². The van der Waals surface area contributed by atoms with Gasteiger partial charge in [-0.2, -0.15) is 0 Å². The lowest BCUT2D eigenvalue weighted by Gasteiger charge is -2.12. The third-order valence-corrected chi connectivity index (χ3v) is 4.88. The van der Waals surface area contributed by atoms with Gasteiger partial charge in [0.15, 0.2) is 16.7 Å². The van der Waals surface area contributed by atoms with Gasteiger partial charge in [-0.05, 0) is 62.0 Å². The number of benzene rings is 2. The molecule has 1 heterocycles. The first-order valence-electron chi connectivity index (χ1n) is 8.54. The molecule has 1 saturated heterocycles. The zero-order chi connectivity index (χ0) is 19.4. The number of aliphatic imine (C=N–C) groups is 1. The molecule has 27 heavy (non-hydrogen) atoms. The summed E-state index contributed by atoms with van der Waals surface area (Å²) in [7, 11) is 0. The van der Waals surface area contributed by atoms with Crippen molar-refractivity contribution in [2.75, 3.05) is 13.2 Å². The molecule has 0 radical (unpaired) electrons. The molecule has 7 heteroatoms. The highest BCUT2D eigenvalue weighted by molar-refractivity contribution is 8.18. The van der Waals surface area contributed by atoms with E-state index in [-0.39, 0.29) is 17.5 Å². The second kappa shape index (κ2) is 8.26. The summed E-state index contributed by atoms with van der Waals surface area (Å²) in [4.78, 5) is 19.1. The van der Waals surface area contributed by atoms with E-state index >= 15 is 0 Å². The lowest BCUT2D eigenvalue weighted by Crippen LogP contribution is -2.28. The third kappa shape index (κ3) is 4.14. The van der Waals surface area contributed by atoms with E-state index < -0.39 is 0 Å². The number of carbonyl (C=O) groups excluding carboxylic acids is 1. The number of para-hydroxylation sites is 1. The van der Waals surface area contributed by atoms with Crippen molar-refractivity contribution in [2.45, 2.75) is 13.8 Å². The van der Waals surface area contributed by atoms with E-state index in [1.165, 1.54) is 23.9 Å². The smallest absolute Gasteiger partial charge is 0.266 e. The highest BCUT2D eigenvalue weighted by Gasteiger charge is 2.32. The molecule has 0 aromatic heterocycles. The molecule has 0 atom stereocenters. The third-order valence-electron chi connectivity index (χ3n) is 3.87. The number of likely N-dealkylation sites (N-methyl/N-ethyl adjacent to an activating group) is 1. The minimum Gasteiger partial charge on any atom is -0.504 e. The van der Waals surface area contributed by atoms with Crippen LogP contribution in [0, 0.1) is 5.82 Å². The van der Waals surface area contributed by atoms with Gasteiger partial charge in [0.2, 0.25) is 0 Å². The van der Waals surface area contributed by atoms with Crippen LogP contribution < -0.4 is 4.74 Å². The van der Waals surface area contributed by atoms with Gasteiger partial charge in [0.05, 0.1) is 17.2 Å². The zero-order valence-corrected chi connectivity index (χ0v) is 15.8. The maximum atomic E-state index is 13.1. The van der Waals surface area contributed by atoms with Crippen molar-refractivity contribution in [3.05, 3.63) is 58.8 Å². The van der Waals surface area contributed by atoms with E-state index in [1.807, 2.05) is 13.8 Å². The Bertz CT molecular complexity index is 910. The SMILES string of the molecule is CCOc1cccc(/C=C2/SC(=Nc3ccc(F)cc3)N(CC)C2=O)c1O. The van der Waals surface area contributed by atoms with Gasteiger partial charge in [0.1, 0.15) is 5.82 Å². The number of thioether (sulfide) groups is 1. The van der Waals surface area contributed by atoms with Gasteiger partial charge in [-0.25, -0.2) is 9.38 Å². The van der Waals surface area contributed by atoms with Crippen LogP contribution in [-0.2, 0) is 4.79 Å². The van der Waals surface area contributed by atoms with Crippen molar-refractivity contribution >= 4 is 34.6 Å². The van der Waals surface area contributed by atoms with Crippen molar-refractivity contribution in [3.63, 3.8) is 0 Å². The molecule has 2 aromatic carbocycles. The number of hydrogen-bond acceptors (Lipinski definition) is 5. The predicted molar refractivity (Wildman–Crippen MR) is 106 cm³/mol. The minimum atomic E-state index is -0.341. The van der Waals surface area contributed by atoms with E-state index in [9.17, 15) is 14.3 Å². The monoisotopic (exact) mass is 386 g/mol. The number of rotatable bonds is 5. The fourth-order valence-corrected chi connectivity index (χ4v) is 3.62. The van der Waals surface area contributed by atoms with Crippen molar-refractivity contribution < 1.29 is 19.0 Å². The lowest BCUT2D eigenvalue weighted by molar-refractivity contribution is -0.122. The Morgan fingerprint density at radius 1 is 1.22 bits per heavy atom. The van der Waals surface area contributed by atoms with Crippen molar-refractivity contribution in [2.24, 2.45) is 4.99 Å². The van der Waals surface area contributed by atoms with Gasteiger partial charge < -0.3 is 9.84 Å². The summed E-state index contributed by atoms with van der Waals surface area (Å²) < 4.78 is 18.5. The van der Waals surface area contributed by atoms with Gasteiger partial charge in [-0.1, -0.05) is 12.1 Å². The summed E-state index contributed by atoms with van der Waals surface area (Å²) >= 11 is 1.22. The molecule has 140 valence electrons. The highest BCUT2D eigenvalue weighted by atomic mass is 32.2. The molecule has 0 spiro atoms. The molecule has 1 aliphatic rings. The van der Waals surface area contributed by atoms with Crippen LogP contribution in [0.1, 0.15) is 19.4 Å². The Hall–Kier alpha value is -2.80. The first kappa shape index (κ1) is 19.0. The Morgan fingerprint density at radius 3 is 2.63 bits per heavy atom. The van der Waals surface area contributed by atoms with Crippen LogP contribution in [0.2, 0.25) is 0 Å². The summed E-state index contributed by atoms with van der Waals surface area (Å²) in [5.41, 5.74) is 1.06. The molecule has 0 saturated carbocycles. The second-order valence-electron chi connectivity index (χ2n) is 5.66. The number of amidine groups is 1. The summed E-state index contributed by atoms with van der Waals surface area (Å²) in [5.74, 6) is -0.168. The first-order valence-corrected chi connectivity index (χ1v) is 9.35. The van der Waals surface area contributed by atoms with Crippen LogP contribution in [0.25, 0.3) is 6.08 Å². The molecule has 3 rings (SSSR count). The van der Waals surface area contributed by atoms with Gasteiger partial charge in [0.25, 0.3) is 5.91 Å². The molecule has 0 bridgehead atoms. The number of phenolic OH excluding ortho intramolecular Hbond substituents is 1. The van der Waals surface area contributed by atoms with Crippen molar-refractivity contribution in [1.29, 1.82) is 0 Å². The highest BCUT2D eigenvalue weighted by Crippen LogP contribution is 2.37. The van der Waals surface area contributed by atoms with E-state index in [0.717, 1.165) is 0 Å².